The van der Waals surface area contributed by atoms with Crippen LogP contribution in [0.25, 0.3) is 11.3 Å². The van der Waals surface area contributed by atoms with Crippen LogP contribution < -0.4 is 0 Å². The van der Waals surface area contributed by atoms with Crippen LogP contribution in [-0.2, 0) is 16.4 Å². The molecular formula is C16H21N3O2S. The van der Waals surface area contributed by atoms with Gasteiger partial charge in [0.1, 0.15) is 0 Å². The van der Waals surface area contributed by atoms with E-state index < -0.39 is 9.84 Å². The molecule has 3 rings (SSSR count). The van der Waals surface area contributed by atoms with Crippen molar-refractivity contribution in [3.63, 3.8) is 0 Å². The number of hydrogen-bond donors (Lipinski definition) is 1. The van der Waals surface area contributed by atoms with Gasteiger partial charge in [0.25, 0.3) is 0 Å². The van der Waals surface area contributed by atoms with Crippen molar-refractivity contribution >= 4 is 9.84 Å². The molecule has 0 spiro atoms. The molecule has 0 radical (unpaired) electrons. The fourth-order valence-corrected chi connectivity index (χ4v) is 4.18. The molecule has 1 aromatic heterocycles. The van der Waals surface area contributed by atoms with Crippen LogP contribution in [0.5, 0.6) is 0 Å². The van der Waals surface area contributed by atoms with Gasteiger partial charge in [0.05, 0.1) is 22.9 Å². The highest BCUT2D eigenvalue weighted by atomic mass is 32.2. The second kappa shape index (κ2) is 6.22. The number of H-pyrrole nitrogens is 1. The van der Waals surface area contributed by atoms with Crippen LogP contribution in [0, 0.1) is 0 Å². The third-order valence-corrected chi connectivity index (χ3v) is 6.54. The number of benzene rings is 1. The van der Waals surface area contributed by atoms with Crippen molar-refractivity contribution in [2.75, 3.05) is 18.8 Å². The summed E-state index contributed by atoms with van der Waals surface area (Å²) in [7, 11) is -2.94. The van der Waals surface area contributed by atoms with E-state index >= 15 is 0 Å². The Morgan fingerprint density at radius 2 is 2.05 bits per heavy atom. The fraction of sp³-hybridized carbons (Fsp3) is 0.438. The minimum atomic E-state index is -2.94. The van der Waals surface area contributed by atoms with E-state index in [1.165, 1.54) is 0 Å². The molecule has 2 aromatic rings. The molecule has 1 atom stereocenters. The third-order valence-electron chi connectivity index (χ3n) is 4.33. The maximum Gasteiger partial charge on any atom is 0.154 e. The van der Waals surface area contributed by atoms with Crippen molar-refractivity contribution < 1.29 is 8.42 Å². The zero-order valence-corrected chi connectivity index (χ0v) is 13.5. The number of hydrogen-bond acceptors (Lipinski definition) is 4. The summed E-state index contributed by atoms with van der Waals surface area (Å²) in [6, 6.07) is 10.1. The van der Waals surface area contributed by atoms with Crippen LogP contribution in [-0.4, -0.2) is 47.6 Å². The Morgan fingerprint density at radius 3 is 2.82 bits per heavy atom. The molecule has 2 heterocycles. The molecule has 1 aromatic carbocycles. The van der Waals surface area contributed by atoms with Crippen LogP contribution in [0.2, 0.25) is 0 Å². The summed E-state index contributed by atoms with van der Waals surface area (Å²) >= 11 is 0. The Labute approximate surface area is 131 Å². The number of aromatic amines is 1. The van der Waals surface area contributed by atoms with Gasteiger partial charge < -0.3 is 0 Å². The maximum atomic E-state index is 12.0. The molecule has 118 valence electrons. The van der Waals surface area contributed by atoms with E-state index in [1.807, 2.05) is 43.5 Å². The van der Waals surface area contributed by atoms with E-state index in [9.17, 15) is 8.42 Å². The maximum absolute atomic E-state index is 12.0. The fourth-order valence-electron chi connectivity index (χ4n) is 2.80. The van der Waals surface area contributed by atoms with Gasteiger partial charge in [-0.05, 0) is 25.5 Å². The van der Waals surface area contributed by atoms with Crippen LogP contribution in [0.4, 0.5) is 0 Å². The Kier molecular flexibility index (Phi) is 4.31. The van der Waals surface area contributed by atoms with E-state index in [-0.39, 0.29) is 11.0 Å². The van der Waals surface area contributed by atoms with E-state index in [2.05, 4.69) is 15.1 Å². The van der Waals surface area contributed by atoms with Crippen LogP contribution >= 0.6 is 0 Å². The number of sulfone groups is 1. The molecule has 0 amide bonds. The van der Waals surface area contributed by atoms with Crippen molar-refractivity contribution in [3.8, 4) is 11.3 Å². The number of nitrogens with one attached hydrogen (secondary N) is 1. The summed E-state index contributed by atoms with van der Waals surface area (Å²) in [4.78, 5) is 2.21. The van der Waals surface area contributed by atoms with Crippen LogP contribution in [0.15, 0.2) is 36.5 Å². The largest absolute Gasteiger partial charge is 0.298 e. The highest BCUT2D eigenvalue weighted by molar-refractivity contribution is 7.92. The molecule has 1 N–H and O–H groups in total. The number of nitrogens with zero attached hydrogens (tertiary/aromatic N) is 2. The molecule has 0 bridgehead atoms. The SMILES string of the molecule is CC1CCN(Cc2cn[nH]c2-c2ccccc2)CCS1(=O)=O. The lowest BCUT2D eigenvalue weighted by atomic mass is 10.1. The van der Waals surface area contributed by atoms with Gasteiger partial charge >= 0.3 is 0 Å². The van der Waals surface area contributed by atoms with Crippen molar-refractivity contribution in [1.29, 1.82) is 0 Å². The van der Waals surface area contributed by atoms with Gasteiger partial charge in [0.2, 0.25) is 0 Å². The van der Waals surface area contributed by atoms with Gasteiger partial charge in [-0.3, -0.25) is 10.00 Å². The minimum absolute atomic E-state index is 0.240. The molecule has 0 saturated carbocycles. The van der Waals surface area contributed by atoms with Crippen molar-refractivity contribution in [3.05, 3.63) is 42.1 Å². The molecular weight excluding hydrogens is 298 g/mol. The smallest absolute Gasteiger partial charge is 0.154 e. The quantitative estimate of drug-likeness (QED) is 0.941. The van der Waals surface area contributed by atoms with Crippen LogP contribution in [0.3, 0.4) is 0 Å². The summed E-state index contributed by atoms with van der Waals surface area (Å²) < 4.78 is 24.0. The molecule has 1 fully saturated rings. The first kappa shape index (κ1) is 15.2. The highest BCUT2D eigenvalue weighted by Crippen LogP contribution is 2.23. The van der Waals surface area contributed by atoms with E-state index in [1.54, 1.807) is 0 Å². The Bertz CT molecular complexity index is 725. The molecule has 1 unspecified atom stereocenters. The van der Waals surface area contributed by atoms with E-state index in [4.69, 9.17) is 0 Å². The Hall–Kier alpha value is -1.66. The van der Waals surface area contributed by atoms with Gasteiger partial charge in [-0.1, -0.05) is 30.3 Å². The van der Waals surface area contributed by atoms with Gasteiger partial charge in [-0.25, -0.2) is 8.42 Å². The molecule has 0 aliphatic carbocycles. The molecule has 6 heteroatoms. The molecule has 1 saturated heterocycles. The van der Waals surface area contributed by atoms with Crippen molar-refractivity contribution in [2.45, 2.75) is 25.1 Å². The monoisotopic (exact) mass is 319 g/mol. The molecule has 1 aliphatic heterocycles. The van der Waals surface area contributed by atoms with E-state index in [0.29, 0.717) is 13.0 Å². The summed E-state index contributed by atoms with van der Waals surface area (Å²) in [6.45, 7) is 3.93. The molecule has 1 aliphatic rings. The molecule has 5 nitrogen and oxygen atoms in total. The second-order valence-corrected chi connectivity index (χ2v) is 8.42. The summed E-state index contributed by atoms with van der Waals surface area (Å²) in [5.74, 6) is 0.243. The number of aromatic nitrogens is 2. The predicted molar refractivity (Wildman–Crippen MR) is 87.2 cm³/mol. The van der Waals surface area contributed by atoms with Crippen LogP contribution in [0.1, 0.15) is 18.9 Å². The summed E-state index contributed by atoms with van der Waals surface area (Å²) in [6.07, 6.45) is 2.53. The average molecular weight is 319 g/mol. The van der Waals surface area contributed by atoms with Crippen molar-refractivity contribution in [2.24, 2.45) is 0 Å². The first-order valence-corrected chi connectivity index (χ1v) is 9.29. The zero-order valence-electron chi connectivity index (χ0n) is 12.7. The lowest BCUT2D eigenvalue weighted by Gasteiger charge is -2.19. The Morgan fingerprint density at radius 1 is 1.27 bits per heavy atom. The van der Waals surface area contributed by atoms with Gasteiger partial charge in [0, 0.05) is 18.7 Å². The van der Waals surface area contributed by atoms with Crippen molar-refractivity contribution in [1.82, 2.24) is 15.1 Å². The zero-order chi connectivity index (χ0) is 15.6. The number of rotatable bonds is 3. The van der Waals surface area contributed by atoms with Gasteiger partial charge in [-0.2, -0.15) is 5.10 Å². The lowest BCUT2D eigenvalue weighted by molar-refractivity contribution is 0.284. The molecule has 22 heavy (non-hydrogen) atoms. The normalized spacial score (nSPS) is 22.3. The highest BCUT2D eigenvalue weighted by Gasteiger charge is 2.26. The minimum Gasteiger partial charge on any atom is -0.298 e. The second-order valence-electron chi connectivity index (χ2n) is 5.88. The standard InChI is InChI=1S/C16H21N3O2S/c1-13-7-8-19(9-10-22(13,20)21)12-15-11-17-18-16(15)14-5-3-2-4-6-14/h2-6,11,13H,7-10,12H2,1H3,(H,17,18). The predicted octanol–water partition coefficient (Wildman–Crippen LogP) is 2.09. The van der Waals surface area contributed by atoms with Gasteiger partial charge in [-0.15, -0.1) is 0 Å². The first-order valence-electron chi connectivity index (χ1n) is 7.58. The Balaban J connectivity index is 1.76. The third kappa shape index (κ3) is 3.23. The first-order chi connectivity index (χ1) is 10.6. The lowest BCUT2D eigenvalue weighted by Crippen LogP contribution is -2.26. The van der Waals surface area contributed by atoms with E-state index in [0.717, 1.165) is 29.9 Å². The average Bonchev–Trinajstić information content (AvgIpc) is 2.93. The van der Waals surface area contributed by atoms with Gasteiger partial charge in [0.15, 0.2) is 9.84 Å². The summed E-state index contributed by atoms with van der Waals surface area (Å²) in [5, 5.41) is 6.98. The summed E-state index contributed by atoms with van der Waals surface area (Å²) in [5.41, 5.74) is 3.23. The topological polar surface area (TPSA) is 66.1 Å².